The van der Waals surface area contributed by atoms with Crippen molar-refractivity contribution >= 4 is 11.9 Å². The molecule has 0 saturated carbocycles. The molecule has 0 saturated heterocycles. The SMILES string of the molecule is CC(c1ccccc1)C(Oc1cc(Cn2cccn2)ccc1CCC(=O)O)C(N)=O. The van der Waals surface area contributed by atoms with Crippen molar-refractivity contribution in [2.75, 3.05) is 0 Å². The van der Waals surface area contributed by atoms with Gasteiger partial charge in [-0.25, -0.2) is 0 Å². The maximum absolute atomic E-state index is 12.2. The normalized spacial score (nSPS) is 12.8. The minimum atomic E-state index is -0.898. The van der Waals surface area contributed by atoms with Gasteiger partial charge in [0, 0.05) is 24.7 Å². The summed E-state index contributed by atoms with van der Waals surface area (Å²) in [4.78, 5) is 23.3. The van der Waals surface area contributed by atoms with E-state index < -0.39 is 18.0 Å². The molecule has 2 atom stereocenters. The second kappa shape index (κ2) is 9.73. The fourth-order valence-corrected chi connectivity index (χ4v) is 3.31. The number of carboxylic acid groups (broad SMARTS) is 1. The van der Waals surface area contributed by atoms with E-state index in [0.29, 0.717) is 17.9 Å². The topological polar surface area (TPSA) is 107 Å². The number of ether oxygens (including phenoxy) is 1. The number of nitrogens with zero attached hydrogens (tertiary/aromatic N) is 2. The van der Waals surface area contributed by atoms with Crippen LogP contribution in [0.4, 0.5) is 0 Å². The van der Waals surface area contributed by atoms with Crippen LogP contribution in [0.2, 0.25) is 0 Å². The average molecular weight is 407 g/mol. The van der Waals surface area contributed by atoms with Gasteiger partial charge in [0.15, 0.2) is 6.10 Å². The molecule has 1 amide bonds. The van der Waals surface area contributed by atoms with E-state index in [2.05, 4.69) is 5.10 Å². The quantitative estimate of drug-likeness (QED) is 0.537. The Labute approximate surface area is 175 Å². The number of nitrogens with two attached hydrogens (primary N) is 1. The maximum atomic E-state index is 12.2. The van der Waals surface area contributed by atoms with Crippen LogP contribution in [0.25, 0.3) is 0 Å². The molecular weight excluding hydrogens is 382 g/mol. The van der Waals surface area contributed by atoms with Crippen LogP contribution in [-0.2, 0) is 22.6 Å². The number of carbonyl (C=O) groups excluding carboxylic acids is 1. The summed E-state index contributed by atoms with van der Waals surface area (Å²) in [5, 5.41) is 13.3. The van der Waals surface area contributed by atoms with E-state index in [1.165, 1.54) is 0 Å². The molecule has 0 radical (unpaired) electrons. The van der Waals surface area contributed by atoms with E-state index >= 15 is 0 Å². The highest BCUT2D eigenvalue weighted by molar-refractivity contribution is 5.80. The molecule has 0 aliphatic heterocycles. The predicted molar refractivity (Wildman–Crippen MR) is 112 cm³/mol. The van der Waals surface area contributed by atoms with Gasteiger partial charge in [-0.1, -0.05) is 49.4 Å². The number of aromatic nitrogens is 2. The lowest BCUT2D eigenvalue weighted by atomic mass is 9.94. The van der Waals surface area contributed by atoms with Gasteiger partial charge >= 0.3 is 5.97 Å². The highest BCUT2D eigenvalue weighted by Crippen LogP contribution is 2.28. The third-order valence-corrected chi connectivity index (χ3v) is 4.96. The van der Waals surface area contributed by atoms with E-state index in [4.69, 9.17) is 15.6 Å². The molecule has 0 fully saturated rings. The Balaban J connectivity index is 1.90. The monoisotopic (exact) mass is 407 g/mol. The predicted octanol–water partition coefficient (Wildman–Crippen LogP) is 2.98. The number of aliphatic carboxylic acids is 1. The van der Waals surface area contributed by atoms with Crippen LogP contribution in [0.1, 0.15) is 36.0 Å². The summed E-state index contributed by atoms with van der Waals surface area (Å²) in [6.07, 6.45) is 2.91. The van der Waals surface area contributed by atoms with Crippen LogP contribution in [0.5, 0.6) is 5.75 Å². The first-order chi connectivity index (χ1) is 14.4. The first-order valence-corrected chi connectivity index (χ1v) is 9.76. The molecule has 2 unspecified atom stereocenters. The van der Waals surface area contributed by atoms with Gasteiger partial charge in [0.1, 0.15) is 5.75 Å². The number of benzene rings is 2. The largest absolute Gasteiger partial charge is 0.481 e. The summed E-state index contributed by atoms with van der Waals surface area (Å²) < 4.78 is 7.89. The Morgan fingerprint density at radius 2 is 1.93 bits per heavy atom. The van der Waals surface area contributed by atoms with Crippen LogP contribution in [-0.4, -0.2) is 32.9 Å². The molecule has 156 valence electrons. The van der Waals surface area contributed by atoms with Crippen LogP contribution in [0.15, 0.2) is 67.0 Å². The molecule has 7 heteroatoms. The van der Waals surface area contributed by atoms with Gasteiger partial charge in [-0.05, 0) is 35.2 Å². The van der Waals surface area contributed by atoms with Crippen molar-refractivity contribution in [1.82, 2.24) is 9.78 Å². The van der Waals surface area contributed by atoms with Crippen molar-refractivity contribution < 1.29 is 19.4 Å². The number of carbonyl (C=O) groups is 2. The molecule has 0 bridgehead atoms. The smallest absolute Gasteiger partial charge is 0.303 e. The number of hydrogen-bond acceptors (Lipinski definition) is 4. The van der Waals surface area contributed by atoms with Gasteiger partial charge in [-0.2, -0.15) is 5.10 Å². The van der Waals surface area contributed by atoms with Crippen LogP contribution < -0.4 is 10.5 Å². The van der Waals surface area contributed by atoms with E-state index in [-0.39, 0.29) is 18.8 Å². The molecule has 0 spiro atoms. The number of primary amides is 1. The molecule has 3 aromatic rings. The molecule has 3 N–H and O–H groups in total. The number of amides is 1. The summed E-state index contributed by atoms with van der Waals surface area (Å²) in [5.74, 6) is -1.28. The van der Waals surface area contributed by atoms with Crippen molar-refractivity contribution in [3.05, 3.63) is 83.7 Å². The summed E-state index contributed by atoms with van der Waals surface area (Å²) in [5.41, 5.74) is 8.24. The second-order valence-corrected chi connectivity index (χ2v) is 7.18. The minimum absolute atomic E-state index is 0.0374. The summed E-state index contributed by atoms with van der Waals surface area (Å²) >= 11 is 0. The van der Waals surface area contributed by atoms with Crippen LogP contribution >= 0.6 is 0 Å². The molecule has 30 heavy (non-hydrogen) atoms. The number of carboxylic acids is 1. The van der Waals surface area contributed by atoms with Gasteiger partial charge in [0.2, 0.25) is 0 Å². The van der Waals surface area contributed by atoms with Crippen molar-refractivity contribution in [3.8, 4) is 5.75 Å². The first kappa shape index (κ1) is 21.1. The maximum Gasteiger partial charge on any atom is 0.303 e. The second-order valence-electron chi connectivity index (χ2n) is 7.18. The molecule has 7 nitrogen and oxygen atoms in total. The van der Waals surface area contributed by atoms with Crippen molar-refractivity contribution in [2.45, 2.75) is 38.3 Å². The van der Waals surface area contributed by atoms with Gasteiger partial charge in [0.05, 0.1) is 6.54 Å². The molecule has 0 aliphatic rings. The van der Waals surface area contributed by atoms with Crippen LogP contribution in [0.3, 0.4) is 0 Å². The van der Waals surface area contributed by atoms with Gasteiger partial charge in [0.25, 0.3) is 5.91 Å². The standard InChI is InChI=1S/C23H25N3O4/c1-16(18-6-3-2-4-7-18)22(23(24)29)30-20-14-17(15-26-13-5-12-25-26)8-9-19(20)10-11-21(27)28/h2-9,12-14,16,22H,10-11,15H2,1H3,(H2,24,29)(H,27,28). The zero-order valence-electron chi connectivity index (χ0n) is 16.8. The molecule has 0 aliphatic carbocycles. The van der Waals surface area contributed by atoms with Gasteiger partial charge < -0.3 is 15.6 Å². The first-order valence-electron chi connectivity index (χ1n) is 9.76. The van der Waals surface area contributed by atoms with E-state index in [9.17, 15) is 9.59 Å². The molecule has 3 rings (SSSR count). The lowest BCUT2D eigenvalue weighted by molar-refractivity contribution is -0.137. The molecule has 2 aromatic carbocycles. The fourth-order valence-electron chi connectivity index (χ4n) is 3.31. The molecule has 1 heterocycles. The fraction of sp³-hybridized carbons (Fsp3) is 0.261. The van der Waals surface area contributed by atoms with Crippen LogP contribution in [0, 0.1) is 0 Å². The zero-order valence-corrected chi connectivity index (χ0v) is 16.8. The minimum Gasteiger partial charge on any atom is -0.481 e. The van der Waals surface area contributed by atoms with E-state index in [1.54, 1.807) is 10.9 Å². The van der Waals surface area contributed by atoms with E-state index in [0.717, 1.165) is 11.1 Å². The Morgan fingerprint density at radius 1 is 1.17 bits per heavy atom. The van der Waals surface area contributed by atoms with Crippen molar-refractivity contribution in [1.29, 1.82) is 0 Å². The van der Waals surface area contributed by atoms with Gasteiger partial charge in [-0.3, -0.25) is 14.3 Å². The zero-order chi connectivity index (χ0) is 21.5. The molecular formula is C23H25N3O4. The number of rotatable bonds is 10. The Kier molecular flexibility index (Phi) is 6.85. The Morgan fingerprint density at radius 3 is 2.57 bits per heavy atom. The molecule has 1 aromatic heterocycles. The Bertz CT molecular complexity index is 987. The lowest BCUT2D eigenvalue weighted by Crippen LogP contribution is -2.38. The van der Waals surface area contributed by atoms with Gasteiger partial charge in [-0.15, -0.1) is 0 Å². The summed E-state index contributed by atoms with van der Waals surface area (Å²) in [6, 6.07) is 16.9. The summed E-state index contributed by atoms with van der Waals surface area (Å²) in [6.45, 7) is 2.41. The number of hydrogen-bond donors (Lipinski definition) is 2. The van der Waals surface area contributed by atoms with Crippen molar-refractivity contribution in [2.24, 2.45) is 5.73 Å². The lowest BCUT2D eigenvalue weighted by Gasteiger charge is -2.24. The Hall–Kier alpha value is -3.61. The third kappa shape index (κ3) is 5.47. The average Bonchev–Trinajstić information content (AvgIpc) is 3.24. The highest BCUT2D eigenvalue weighted by Gasteiger charge is 2.27. The van der Waals surface area contributed by atoms with E-state index in [1.807, 2.05) is 67.7 Å². The third-order valence-electron chi connectivity index (χ3n) is 4.96. The van der Waals surface area contributed by atoms with Crippen molar-refractivity contribution in [3.63, 3.8) is 0 Å². The highest BCUT2D eigenvalue weighted by atomic mass is 16.5. The summed E-state index contributed by atoms with van der Waals surface area (Å²) in [7, 11) is 0. The number of aryl methyl sites for hydroxylation is 1.